The third-order valence-electron chi connectivity index (χ3n) is 1.69. The summed E-state index contributed by atoms with van der Waals surface area (Å²) in [6, 6.07) is 0. The Morgan fingerprint density at radius 2 is 2.64 bits per heavy atom. The largest absolute Gasteiger partial charge is 0.375 e. The van der Waals surface area contributed by atoms with E-state index >= 15 is 0 Å². The van der Waals surface area contributed by atoms with E-state index in [4.69, 9.17) is 15.9 Å². The molecule has 0 saturated carbocycles. The van der Waals surface area contributed by atoms with E-state index in [1.165, 1.54) is 0 Å². The molecule has 2 atom stereocenters. The fourth-order valence-electron chi connectivity index (χ4n) is 1.11. The van der Waals surface area contributed by atoms with E-state index in [-0.39, 0.29) is 12.2 Å². The molecule has 0 N–H and O–H groups in total. The van der Waals surface area contributed by atoms with Gasteiger partial charge in [-0.15, -0.1) is 12.3 Å². The van der Waals surface area contributed by atoms with Gasteiger partial charge < -0.3 is 9.47 Å². The second-order valence-electron chi connectivity index (χ2n) is 2.41. The molecule has 1 rings (SSSR count). The van der Waals surface area contributed by atoms with Crippen LogP contribution in [0.4, 0.5) is 0 Å². The molecule has 1 aliphatic heterocycles. The van der Waals surface area contributed by atoms with Crippen LogP contribution in [-0.4, -0.2) is 25.9 Å². The third-order valence-corrected chi connectivity index (χ3v) is 1.69. The van der Waals surface area contributed by atoms with Gasteiger partial charge in [-0.1, -0.05) is 12.2 Å². The van der Waals surface area contributed by atoms with Crippen molar-refractivity contribution in [1.29, 1.82) is 0 Å². The van der Waals surface area contributed by atoms with Crippen molar-refractivity contribution in [1.82, 2.24) is 0 Å². The van der Waals surface area contributed by atoms with E-state index in [1.54, 1.807) is 7.11 Å². The smallest absolute Gasteiger partial charge is 0.102 e. The summed E-state index contributed by atoms with van der Waals surface area (Å²) >= 11 is 0. The maximum absolute atomic E-state index is 5.37. The Balaban J connectivity index is 2.50. The molecule has 0 aromatic rings. The third kappa shape index (κ3) is 2.07. The predicted molar refractivity (Wildman–Crippen MR) is 43.1 cm³/mol. The summed E-state index contributed by atoms with van der Waals surface area (Å²) in [6.45, 7) is 0.645. The number of hydrogen-bond acceptors (Lipinski definition) is 2. The highest BCUT2D eigenvalue weighted by Gasteiger charge is 2.20. The zero-order chi connectivity index (χ0) is 8.10. The van der Waals surface area contributed by atoms with Crippen molar-refractivity contribution in [2.75, 3.05) is 13.7 Å². The topological polar surface area (TPSA) is 18.5 Å². The van der Waals surface area contributed by atoms with Crippen LogP contribution in [-0.2, 0) is 9.47 Å². The minimum absolute atomic E-state index is 0.0276. The molecule has 1 aliphatic rings. The lowest BCUT2D eigenvalue weighted by Crippen LogP contribution is -2.31. The molecular formula is C9H12O2. The average Bonchev–Trinajstić information content (AvgIpc) is 2.06. The Kier molecular flexibility index (Phi) is 3.15. The summed E-state index contributed by atoms with van der Waals surface area (Å²) < 4.78 is 10.5. The monoisotopic (exact) mass is 152 g/mol. The second kappa shape index (κ2) is 4.17. The average molecular weight is 152 g/mol. The van der Waals surface area contributed by atoms with Crippen LogP contribution in [0.15, 0.2) is 12.2 Å². The highest BCUT2D eigenvalue weighted by Crippen LogP contribution is 2.12. The summed E-state index contributed by atoms with van der Waals surface area (Å²) in [5.41, 5.74) is 0. The molecule has 2 heteroatoms. The zero-order valence-corrected chi connectivity index (χ0v) is 6.62. The van der Waals surface area contributed by atoms with Gasteiger partial charge in [0, 0.05) is 13.5 Å². The van der Waals surface area contributed by atoms with Gasteiger partial charge in [-0.25, -0.2) is 0 Å². The van der Waals surface area contributed by atoms with Crippen LogP contribution in [0.5, 0.6) is 0 Å². The molecule has 1 heterocycles. The van der Waals surface area contributed by atoms with Crippen molar-refractivity contribution in [3.8, 4) is 12.3 Å². The Labute approximate surface area is 67.2 Å². The summed E-state index contributed by atoms with van der Waals surface area (Å²) in [5, 5.41) is 0. The molecular weight excluding hydrogens is 140 g/mol. The van der Waals surface area contributed by atoms with E-state index in [9.17, 15) is 0 Å². The molecule has 0 fully saturated rings. The van der Waals surface area contributed by atoms with Gasteiger partial charge in [-0.05, 0) is 0 Å². The zero-order valence-electron chi connectivity index (χ0n) is 6.62. The second-order valence-corrected chi connectivity index (χ2v) is 2.41. The summed E-state index contributed by atoms with van der Waals surface area (Å²) in [6.07, 6.45) is 9.78. The molecule has 0 amide bonds. The number of ether oxygens (including phenoxy) is 2. The van der Waals surface area contributed by atoms with Crippen molar-refractivity contribution < 1.29 is 9.47 Å². The molecule has 0 bridgehead atoms. The lowest BCUT2D eigenvalue weighted by molar-refractivity contribution is -0.0317. The maximum atomic E-state index is 5.37. The number of rotatable bonds is 2. The van der Waals surface area contributed by atoms with Crippen LogP contribution in [0.1, 0.15) is 6.42 Å². The highest BCUT2D eigenvalue weighted by atomic mass is 16.5. The molecule has 0 spiro atoms. The molecule has 0 aromatic carbocycles. The van der Waals surface area contributed by atoms with Gasteiger partial charge in [0.05, 0.1) is 12.7 Å². The van der Waals surface area contributed by atoms with Gasteiger partial charge in [0.1, 0.15) is 6.10 Å². The summed E-state index contributed by atoms with van der Waals surface area (Å²) in [5.74, 6) is 2.56. The van der Waals surface area contributed by atoms with Crippen LogP contribution < -0.4 is 0 Å². The quantitative estimate of drug-likeness (QED) is 0.434. The molecule has 0 saturated heterocycles. The van der Waals surface area contributed by atoms with E-state index < -0.39 is 0 Å². The lowest BCUT2D eigenvalue weighted by Gasteiger charge is -2.24. The van der Waals surface area contributed by atoms with Crippen molar-refractivity contribution in [2.45, 2.75) is 18.6 Å². The molecule has 0 aromatic heterocycles. The van der Waals surface area contributed by atoms with Crippen LogP contribution in [0, 0.1) is 12.3 Å². The minimum atomic E-state index is 0.0276. The number of methoxy groups -OCH3 is 1. The Morgan fingerprint density at radius 1 is 1.82 bits per heavy atom. The standard InChI is InChI=1S/C9H12O2/c1-3-5-9-8(10-2)6-4-7-11-9/h1,4,6,8-9H,5,7H2,2H3. The Bertz CT molecular complexity index is 178. The number of hydrogen-bond donors (Lipinski definition) is 0. The van der Waals surface area contributed by atoms with Crippen molar-refractivity contribution >= 4 is 0 Å². The van der Waals surface area contributed by atoms with E-state index in [0.717, 1.165) is 0 Å². The molecule has 60 valence electrons. The van der Waals surface area contributed by atoms with Gasteiger partial charge in [0.15, 0.2) is 0 Å². The van der Waals surface area contributed by atoms with Crippen molar-refractivity contribution in [2.24, 2.45) is 0 Å². The summed E-state index contributed by atoms with van der Waals surface area (Å²) in [7, 11) is 1.66. The SMILES string of the molecule is C#CCC1OCC=CC1OC. The van der Waals surface area contributed by atoms with Crippen LogP contribution in [0.25, 0.3) is 0 Å². The first-order valence-electron chi connectivity index (χ1n) is 3.63. The fourth-order valence-corrected chi connectivity index (χ4v) is 1.11. The van der Waals surface area contributed by atoms with E-state index in [2.05, 4.69) is 5.92 Å². The van der Waals surface area contributed by atoms with E-state index in [0.29, 0.717) is 13.0 Å². The normalized spacial score (nSPS) is 29.8. The molecule has 2 unspecified atom stereocenters. The van der Waals surface area contributed by atoms with Crippen LogP contribution >= 0.6 is 0 Å². The molecule has 11 heavy (non-hydrogen) atoms. The lowest BCUT2D eigenvalue weighted by atomic mass is 10.1. The van der Waals surface area contributed by atoms with Gasteiger partial charge in [-0.2, -0.15) is 0 Å². The van der Waals surface area contributed by atoms with Crippen LogP contribution in [0.2, 0.25) is 0 Å². The maximum Gasteiger partial charge on any atom is 0.102 e. The van der Waals surface area contributed by atoms with Gasteiger partial charge in [0.2, 0.25) is 0 Å². The first-order chi connectivity index (χ1) is 5.38. The Hall–Kier alpha value is -0.780. The predicted octanol–water partition coefficient (Wildman–Crippen LogP) is 0.980. The fraction of sp³-hybridized carbons (Fsp3) is 0.556. The van der Waals surface area contributed by atoms with Crippen molar-refractivity contribution in [3.63, 3.8) is 0 Å². The first-order valence-corrected chi connectivity index (χ1v) is 3.63. The molecule has 2 nitrogen and oxygen atoms in total. The minimum Gasteiger partial charge on any atom is -0.375 e. The molecule has 0 radical (unpaired) electrons. The van der Waals surface area contributed by atoms with Crippen LogP contribution in [0.3, 0.4) is 0 Å². The summed E-state index contributed by atoms with van der Waals surface area (Å²) in [4.78, 5) is 0. The van der Waals surface area contributed by atoms with Gasteiger partial charge in [0.25, 0.3) is 0 Å². The first kappa shape index (κ1) is 8.32. The molecule has 0 aliphatic carbocycles. The van der Waals surface area contributed by atoms with Gasteiger partial charge >= 0.3 is 0 Å². The Morgan fingerprint density at radius 3 is 3.27 bits per heavy atom. The highest BCUT2D eigenvalue weighted by molar-refractivity contribution is 5.02. The number of terminal acetylenes is 1. The van der Waals surface area contributed by atoms with Crippen molar-refractivity contribution in [3.05, 3.63) is 12.2 Å². The van der Waals surface area contributed by atoms with E-state index in [1.807, 2.05) is 12.2 Å². The van der Waals surface area contributed by atoms with Gasteiger partial charge in [-0.3, -0.25) is 0 Å².